The fourth-order valence-corrected chi connectivity index (χ4v) is 9.37. The molecule has 0 aliphatic heterocycles. The first-order valence-electron chi connectivity index (χ1n) is 23.5. The second-order valence-corrected chi connectivity index (χ2v) is 17.8. The Kier molecular flexibility index (Phi) is 14.6. The van der Waals surface area contributed by atoms with Crippen molar-refractivity contribution < 1.29 is 20.1 Å². The Morgan fingerprint density at radius 3 is 1.50 bits per heavy atom. The molecule has 0 saturated carbocycles. The van der Waals surface area contributed by atoms with Gasteiger partial charge in [0.15, 0.2) is 0 Å². The maximum atomic E-state index is 9.62. The summed E-state index contributed by atoms with van der Waals surface area (Å²) >= 11 is 0. The summed E-state index contributed by atoms with van der Waals surface area (Å²) in [7, 11) is 0. The molecular weight excluding hydrogens is 1030 g/mol. The molecule has 3 heterocycles. The van der Waals surface area contributed by atoms with Crippen LogP contribution in [0.15, 0.2) is 195 Å². The van der Waals surface area contributed by atoms with Crippen LogP contribution in [0.5, 0.6) is 0 Å². The van der Waals surface area contributed by atoms with Crippen LogP contribution < -0.4 is 0 Å². The Labute approximate surface area is 425 Å². The average molecular weight is 1080 g/mol. The Morgan fingerprint density at radius 1 is 0.429 bits per heavy atom. The molecule has 0 unspecified atom stereocenters. The molecule has 0 N–H and O–H groups in total. The number of benzene rings is 7. The van der Waals surface area contributed by atoms with E-state index in [1.807, 2.05) is 67.1 Å². The molecule has 0 saturated heterocycles. The molecule has 0 amide bonds. The summed E-state index contributed by atoms with van der Waals surface area (Å²) in [5, 5.41) is 9.62. The molecule has 0 bridgehead atoms. The fourth-order valence-electron chi connectivity index (χ4n) is 9.37. The third kappa shape index (κ3) is 10.7. The van der Waals surface area contributed by atoms with Crippen molar-refractivity contribution in [3.8, 4) is 84.3 Å². The van der Waals surface area contributed by atoms with Gasteiger partial charge in [-0.1, -0.05) is 133 Å². The SMILES string of the molecule is Cc1ccc(-c2[c-]cc(-c3ccccc3-c3cc(CCc4c[c-]c(-c5ccccn5)cc4)cc(CCc4c[c-]c(-c5ccccn5)cc4)c3)c(-c3ccc(-c4c(C)cc(C#N)cc4C)cc3)c2)nc1.[Ir+3]. The van der Waals surface area contributed by atoms with E-state index in [2.05, 4.69) is 182 Å². The van der Waals surface area contributed by atoms with Crippen LogP contribution in [-0.2, 0) is 45.8 Å². The molecule has 0 aliphatic rings. The summed E-state index contributed by atoms with van der Waals surface area (Å²) in [5.74, 6) is 0. The second kappa shape index (κ2) is 21.6. The van der Waals surface area contributed by atoms with Crippen molar-refractivity contribution >= 4 is 0 Å². The molecule has 338 valence electrons. The standard InChI is InChI=1S/C65H49N4.Ir/c1-44-14-33-64(69-43-44)56-31-32-60(61(41-56)52-27-29-55(30-28-52)65-45(2)36-51(42-66)37-46(65)3)59-11-5-4-10-58(59)57-39-49(17-15-47-19-23-53(24-20-47)62-12-6-8-34-67-62)38-50(40-57)18-16-48-21-25-54(26-22-48)63-13-7-9-35-68-63;/h4-14,19-23,25,27-30,32-41,43H,15-18H2,1-3H3;/q-3;+3. The van der Waals surface area contributed by atoms with Gasteiger partial charge in [-0.3, -0.25) is 0 Å². The van der Waals surface area contributed by atoms with Gasteiger partial charge in [0.2, 0.25) is 0 Å². The first kappa shape index (κ1) is 47.2. The van der Waals surface area contributed by atoms with Crippen molar-refractivity contribution in [1.82, 2.24) is 15.0 Å². The minimum atomic E-state index is 0. The van der Waals surface area contributed by atoms with E-state index < -0.39 is 0 Å². The number of nitrogens with zero attached hydrogens (tertiary/aromatic N) is 4. The first-order valence-corrected chi connectivity index (χ1v) is 23.5. The van der Waals surface area contributed by atoms with Crippen LogP contribution in [0.4, 0.5) is 0 Å². The zero-order valence-electron chi connectivity index (χ0n) is 39.4. The molecule has 70 heavy (non-hydrogen) atoms. The molecule has 0 radical (unpaired) electrons. The van der Waals surface area contributed by atoms with Crippen molar-refractivity contribution in [3.05, 3.63) is 257 Å². The van der Waals surface area contributed by atoms with Gasteiger partial charge in [-0.15, -0.1) is 94.5 Å². The summed E-state index contributed by atoms with van der Waals surface area (Å²) in [6.07, 6.45) is 9.10. The molecule has 10 rings (SSSR count). The van der Waals surface area contributed by atoms with Crippen molar-refractivity contribution in [2.24, 2.45) is 0 Å². The van der Waals surface area contributed by atoms with Gasteiger partial charge in [-0.2, -0.15) is 5.26 Å². The average Bonchev–Trinajstić information content (AvgIpc) is 3.40. The molecule has 5 heteroatoms. The van der Waals surface area contributed by atoms with Gasteiger partial charge in [0.05, 0.1) is 11.6 Å². The van der Waals surface area contributed by atoms with E-state index >= 15 is 0 Å². The van der Waals surface area contributed by atoms with Crippen molar-refractivity contribution in [2.45, 2.75) is 46.5 Å². The molecular formula is C65H49IrN4. The van der Waals surface area contributed by atoms with E-state index in [-0.39, 0.29) is 20.1 Å². The number of rotatable bonds is 13. The summed E-state index contributed by atoms with van der Waals surface area (Å²) in [4.78, 5) is 13.9. The minimum Gasteiger partial charge on any atom is -0.305 e. The normalized spacial score (nSPS) is 10.9. The van der Waals surface area contributed by atoms with Gasteiger partial charge in [0.25, 0.3) is 0 Å². The Morgan fingerprint density at radius 2 is 0.971 bits per heavy atom. The molecule has 10 aromatic rings. The largest absolute Gasteiger partial charge is 3.00 e. The number of pyridine rings is 3. The van der Waals surface area contributed by atoms with Crippen LogP contribution in [0.3, 0.4) is 0 Å². The fraction of sp³-hybridized carbons (Fsp3) is 0.108. The predicted octanol–water partition coefficient (Wildman–Crippen LogP) is 15.3. The quantitative estimate of drug-likeness (QED) is 0.108. The summed E-state index contributed by atoms with van der Waals surface area (Å²) in [6, 6.07) is 75.1. The zero-order chi connectivity index (χ0) is 47.1. The van der Waals surface area contributed by atoms with Gasteiger partial charge < -0.3 is 15.0 Å². The topological polar surface area (TPSA) is 62.5 Å². The summed E-state index contributed by atoms with van der Waals surface area (Å²) < 4.78 is 0. The number of hydrogen-bond acceptors (Lipinski definition) is 4. The summed E-state index contributed by atoms with van der Waals surface area (Å²) in [6.45, 7) is 6.23. The number of aryl methyl sites for hydroxylation is 7. The van der Waals surface area contributed by atoms with Crippen LogP contribution in [-0.4, -0.2) is 15.0 Å². The van der Waals surface area contributed by atoms with E-state index in [9.17, 15) is 5.26 Å². The number of aromatic nitrogens is 3. The van der Waals surface area contributed by atoms with Crippen LogP contribution in [0.25, 0.3) is 78.3 Å². The predicted molar refractivity (Wildman–Crippen MR) is 281 cm³/mol. The first-order chi connectivity index (χ1) is 33.8. The van der Waals surface area contributed by atoms with Crippen LogP contribution >= 0.6 is 0 Å². The smallest absolute Gasteiger partial charge is 0.305 e. The van der Waals surface area contributed by atoms with Crippen molar-refractivity contribution in [2.75, 3.05) is 0 Å². The van der Waals surface area contributed by atoms with Crippen LogP contribution in [0, 0.1) is 50.3 Å². The van der Waals surface area contributed by atoms with Gasteiger partial charge >= 0.3 is 20.1 Å². The Bertz CT molecular complexity index is 3300. The van der Waals surface area contributed by atoms with Gasteiger partial charge in [0.1, 0.15) is 0 Å². The van der Waals surface area contributed by atoms with E-state index in [0.717, 1.165) is 115 Å². The molecule has 0 atom stereocenters. The van der Waals surface area contributed by atoms with E-state index in [0.29, 0.717) is 5.56 Å². The Balaban J connectivity index is 0.00000608. The third-order valence-electron chi connectivity index (χ3n) is 12.9. The van der Waals surface area contributed by atoms with Crippen LogP contribution in [0.2, 0.25) is 0 Å². The molecule has 4 nitrogen and oxygen atoms in total. The number of nitriles is 1. The zero-order valence-corrected chi connectivity index (χ0v) is 41.8. The molecule has 3 aromatic heterocycles. The van der Waals surface area contributed by atoms with E-state index in [4.69, 9.17) is 4.98 Å². The molecule has 0 aliphatic carbocycles. The van der Waals surface area contributed by atoms with E-state index in [1.54, 1.807) is 0 Å². The Hall–Kier alpha value is -7.87. The van der Waals surface area contributed by atoms with Crippen LogP contribution in [0.1, 0.15) is 44.5 Å². The maximum Gasteiger partial charge on any atom is 3.00 e. The second-order valence-electron chi connectivity index (χ2n) is 17.8. The summed E-state index contributed by atoms with van der Waals surface area (Å²) in [5.41, 5.74) is 23.8. The molecule has 0 spiro atoms. The molecule has 0 fully saturated rings. The van der Waals surface area contributed by atoms with Gasteiger partial charge in [-0.05, 0) is 131 Å². The van der Waals surface area contributed by atoms with Gasteiger partial charge in [-0.25, -0.2) is 0 Å². The number of hydrogen-bond donors (Lipinski definition) is 0. The monoisotopic (exact) mass is 1080 g/mol. The van der Waals surface area contributed by atoms with Crippen molar-refractivity contribution in [3.63, 3.8) is 0 Å². The maximum absolute atomic E-state index is 9.62. The van der Waals surface area contributed by atoms with Crippen molar-refractivity contribution in [1.29, 1.82) is 5.26 Å². The van der Waals surface area contributed by atoms with E-state index in [1.165, 1.54) is 27.8 Å². The van der Waals surface area contributed by atoms with Gasteiger partial charge in [0, 0.05) is 18.6 Å². The minimum absolute atomic E-state index is 0. The molecule has 7 aromatic carbocycles. The third-order valence-corrected chi connectivity index (χ3v) is 12.9.